The largest absolute Gasteiger partial charge is 0.389 e. The van der Waals surface area contributed by atoms with E-state index in [1.807, 2.05) is 0 Å². The van der Waals surface area contributed by atoms with Crippen molar-refractivity contribution in [2.75, 3.05) is 11.9 Å². The summed E-state index contributed by atoms with van der Waals surface area (Å²) in [5.41, 5.74) is 6.49. The molecule has 0 saturated carbocycles. The van der Waals surface area contributed by atoms with Crippen molar-refractivity contribution in [3.63, 3.8) is 0 Å². The minimum absolute atomic E-state index is 0.188. The molecule has 1 aromatic rings. The minimum Gasteiger partial charge on any atom is -0.389 e. The highest BCUT2D eigenvalue weighted by molar-refractivity contribution is 9.10. The van der Waals surface area contributed by atoms with E-state index in [0.29, 0.717) is 15.7 Å². The molecule has 94 valence electrons. The second kappa shape index (κ2) is 6.91. The van der Waals surface area contributed by atoms with Crippen molar-refractivity contribution in [3.05, 3.63) is 28.0 Å². The second-order valence-electron chi connectivity index (χ2n) is 3.79. The zero-order chi connectivity index (χ0) is 12.8. The Morgan fingerprint density at radius 1 is 1.47 bits per heavy atom. The molecule has 17 heavy (non-hydrogen) atoms. The summed E-state index contributed by atoms with van der Waals surface area (Å²) in [6, 6.07) is 3.39. The molecule has 0 heterocycles. The smallest absolute Gasteiger partial charge is 0.161 e. The molecule has 0 atom stereocenters. The van der Waals surface area contributed by atoms with Gasteiger partial charge >= 0.3 is 0 Å². The number of benzene rings is 1. The Labute approximate surface area is 115 Å². The molecule has 0 aliphatic heterocycles. The van der Waals surface area contributed by atoms with Crippen LogP contribution < -0.4 is 11.1 Å². The van der Waals surface area contributed by atoms with E-state index in [1.165, 1.54) is 0 Å². The molecule has 1 rings (SSSR count). The Kier molecular flexibility index (Phi) is 5.85. The van der Waals surface area contributed by atoms with Gasteiger partial charge in [0, 0.05) is 12.1 Å². The fraction of sp³-hybridized carbons (Fsp3) is 0.417. The van der Waals surface area contributed by atoms with Crippen LogP contribution >= 0.6 is 28.1 Å². The Hall–Kier alpha value is -0.680. The molecule has 0 bridgehead atoms. The van der Waals surface area contributed by atoms with Crippen molar-refractivity contribution in [2.24, 2.45) is 5.73 Å². The SMILES string of the molecule is CCCCCNc1ccc(C(N)=S)c(Br)c1F. The Bertz CT molecular complexity index is 410. The lowest BCUT2D eigenvalue weighted by atomic mass is 10.2. The van der Waals surface area contributed by atoms with Gasteiger partial charge in [-0.3, -0.25) is 0 Å². The van der Waals surface area contributed by atoms with Gasteiger partial charge in [-0.05, 0) is 34.5 Å². The Morgan fingerprint density at radius 2 is 2.18 bits per heavy atom. The van der Waals surface area contributed by atoms with Gasteiger partial charge in [-0.25, -0.2) is 4.39 Å². The lowest BCUT2D eigenvalue weighted by molar-refractivity contribution is 0.622. The fourth-order valence-corrected chi connectivity index (χ4v) is 2.34. The van der Waals surface area contributed by atoms with E-state index in [2.05, 4.69) is 28.2 Å². The molecule has 3 N–H and O–H groups in total. The number of hydrogen-bond donors (Lipinski definition) is 2. The maximum absolute atomic E-state index is 13.9. The molecule has 0 radical (unpaired) electrons. The Morgan fingerprint density at radius 3 is 2.76 bits per heavy atom. The summed E-state index contributed by atoms with van der Waals surface area (Å²) >= 11 is 8.01. The summed E-state index contributed by atoms with van der Waals surface area (Å²) in [6.45, 7) is 2.90. The van der Waals surface area contributed by atoms with Crippen LogP contribution in [-0.4, -0.2) is 11.5 Å². The number of nitrogens with one attached hydrogen (secondary N) is 1. The molecule has 5 heteroatoms. The van der Waals surface area contributed by atoms with Crippen molar-refractivity contribution in [1.82, 2.24) is 0 Å². The summed E-state index contributed by atoms with van der Waals surface area (Å²) in [6.07, 6.45) is 3.32. The molecule has 0 spiro atoms. The van der Waals surface area contributed by atoms with Gasteiger partial charge in [0.1, 0.15) is 4.99 Å². The lowest BCUT2D eigenvalue weighted by Crippen LogP contribution is -2.12. The third-order valence-electron chi connectivity index (χ3n) is 2.44. The Balaban J connectivity index is 2.75. The number of unbranched alkanes of at least 4 members (excludes halogenated alkanes) is 2. The van der Waals surface area contributed by atoms with Crippen LogP contribution in [0, 0.1) is 5.82 Å². The summed E-state index contributed by atoms with van der Waals surface area (Å²) in [4.78, 5) is 0.188. The van der Waals surface area contributed by atoms with Crippen LogP contribution in [0.3, 0.4) is 0 Å². The molecule has 0 aliphatic rings. The first-order valence-electron chi connectivity index (χ1n) is 5.59. The molecule has 0 fully saturated rings. The highest BCUT2D eigenvalue weighted by atomic mass is 79.9. The van der Waals surface area contributed by atoms with Crippen LogP contribution in [0.15, 0.2) is 16.6 Å². The predicted molar refractivity (Wildman–Crippen MR) is 78.0 cm³/mol. The second-order valence-corrected chi connectivity index (χ2v) is 5.02. The first-order chi connectivity index (χ1) is 8.07. The fourth-order valence-electron chi connectivity index (χ4n) is 1.47. The first kappa shape index (κ1) is 14.4. The zero-order valence-electron chi connectivity index (χ0n) is 9.72. The molecule has 0 aliphatic carbocycles. The van der Waals surface area contributed by atoms with Crippen LogP contribution in [0.25, 0.3) is 0 Å². The van der Waals surface area contributed by atoms with Crippen molar-refractivity contribution in [3.8, 4) is 0 Å². The molecule has 0 unspecified atom stereocenters. The van der Waals surface area contributed by atoms with Crippen LogP contribution in [0.1, 0.15) is 31.7 Å². The van der Waals surface area contributed by atoms with E-state index in [0.717, 1.165) is 25.8 Å². The average Bonchev–Trinajstić information content (AvgIpc) is 2.29. The quantitative estimate of drug-likeness (QED) is 0.618. The van der Waals surface area contributed by atoms with Gasteiger partial charge in [-0.1, -0.05) is 32.0 Å². The number of halogens is 2. The number of thiocarbonyl (C=S) groups is 1. The standard InChI is InChI=1S/C12H16BrFN2S/c1-2-3-4-7-16-9-6-5-8(12(15)17)10(13)11(9)14/h5-6,16H,2-4,7H2,1H3,(H2,15,17). The van der Waals surface area contributed by atoms with Gasteiger partial charge in [0.25, 0.3) is 0 Å². The number of hydrogen-bond acceptors (Lipinski definition) is 2. The topological polar surface area (TPSA) is 38.0 Å². The van der Waals surface area contributed by atoms with E-state index in [9.17, 15) is 4.39 Å². The molecular weight excluding hydrogens is 303 g/mol. The predicted octanol–water partition coefficient (Wildman–Crippen LogP) is 3.82. The van der Waals surface area contributed by atoms with Gasteiger partial charge in [-0.15, -0.1) is 0 Å². The molecule has 0 saturated heterocycles. The normalized spacial score (nSPS) is 10.3. The maximum Gasteiger partial charge on any atom is 0.161 e. The van der Waals surface area contributed by atoms with Crippen LogP contribution in [0.2, 0.25) is 0 Å². The highest BCUT2D eigenvalue weighted by Crippen LogP contribution is 2.27. The average molecular weight is 319 g/mol. The van der Waals surface area contributed by atoms with Crippen molar-refractivity contribution >= 4 is 38.8 Å². The lowest BCUT2D eigenvalue weighted by Gasteiger charge is -2.10. The minimum atomic E-state index is -0.341. The molecule has 2 nitrogen and oxygen atoms in total. The van der Waals surface area contributed by atoms with Crippen molar-refractivity contribution in [1.29, 1.82) is 0 Å². The molecule has 0 aromatic heterocycles. The number of rotatable bonds is 6. The summed E-state index contributed by atoms with van der Waals surface area (Å²) in [7, 11) is 0. The first-order valence-corrected chi connectivity index (χ1v) is 6.79. The molecule has 1 aromatic carbocycles. The summed E-state index contributed by atoms with van der Waals surface area (Å²) in [5, 5.41) is 3.07. The van der Waals surface area contributed by atoms with Gasteiger partial charge in [0.05, 0.1) is 10.2 Å². The molecular formula is C12H16BrFN2S. The highest BCUT2D eigenvalue weighted by Gasteiger charge is 2.12. The van der Waals surface area contributed by atoms with E-state index < -0.39 is 0 Å². The van der Waals surface area contributed by atoms with E-state index in [1.54, 1.807) is 12.1 Å². The van der Waals surface area contributed by atoms with Crippen molar-refractivity contribution in [2.45, 2.75) is 26.2 Å². The van der Waals surface area contributed by atoms with E-state index in [4.69, 9.17) is 18.0 Å². The summed E-state index contributed by atoms with van der Waals surface area (Å²) < 4.78 is 14.2. The maximum atomic E-state index is 13.9. The molecule has 0 amide bonds. The monoisotopic (exact) mass is 318 g/mol. The van der Waals surface area contributed by atoms with Gasteiger partial charge in [0.2, 0.25) is 0 Å². The zero-order valence-corrected chi connectivity index (χ0v) is 12.1. The van der Waals surface area contributed by atoms with Gasteiger partial charge < -0.3 is 11.1 Å². The van der Waals surface area contributed by atoms with Crippen LogP contribution in [-0.2, 0) is 0 Å². The van der Waals surface area contributed by atoms with E-state index >= 15 is 0 Å². The van der Waals surface area contributed by atoms with Gasteiger partial charge in [-0.2, -0.15) is 0 Å². The summed E-state index contributed by atoms with van der Waals surface area (Å²) in [5.74, 6) is -0.341. The van der Waals surface area contributed by atoms with E-state index in [-0.39, 0.29) is 10.8 Å². The third-order valence-corrected chi connectivity index (χ3v) is 3.44. The van der Waals surface area contributed by atoms with Crippen LogP contribution in [0.5, 0.6) is 0 Å². The number of anilines is 1. The number of nitrogens with two attached hydrogens (primary N) is 1. The van der Waals surface area contributed by atoms with Crippen LogP contribution in [0.4, 0.5) is 10.1 Å². The van der Waals surface area contributed by atoms with Gasteiger partial charge in [0.15, 0.2) is 5.82 Å². The third kappa shape index (κ3) is 3.92. The van der Waals surface area contributed by atoms with Crippen molar-refractivity contribution < 1.29 is 4.39 Å².